The van der Waals surface area contributed by atoms with Gasteiger partial charge in [0.25, 0.3) is 0 Å². The van der Waals surface area contributed by atoms with Gasteiger partial charge < -0.3 is 9.47 Å². The normalized spacial score (nSPS) is 25.5. The molecule has 3 heteroatoms. The van der Waals surface area contributed by atoms with Gasteiger partial charge in [0.05, 0.1) is 13.0 Å². The Bertz CT molecular complexity index is 698. The fourth-order valence-corrected chi connectivity index (χ4v) is 5.94. The number of esters is 1. The third-order valence-electron chi connectivity index (χ3n) is 7.86. The van der Waals surface area contributed by atoms with Gasteiger partial charge in [-0.2, -0.15) is 0 Å². The Labute approximate surface area is 182 Å². The summed E-state index contributed by atoms with van der Waals surface area (Å²) in [6, 6.07) is 6.81. The van der Waals surface area contributed by atoms with Gasteiger partial charge in [0.2, 0.25) is 0 Å². The second kappa shape index (κ2) is 10.2. The Morgan fingerprint density at radius 3 is 2.33 bits per heavy atom. The zero-order chi connectivity index (χ0) is 20.9. The predicted octanol–water partition coefficient (Wildman–Crippen LogP) is 6.82. The quantitative estimate of drug-likeness (QED) is 0.498. The Kier molecular flexibility index (Phi) is 7.38. The molecule has 0 spiro atoms. The lowest BCUT2D eigenvalue weighted by Gasteiger charge is -2.28. The van der Waals surface area contributed by atoms with Crippen LogP contribution in [0.5, 0.6) is 5.75 Å². The minimum atomic E-state index is -0.100. The van der Waals surface area contributed by atoms with Gasteiger partial charge in [0.1, 0.15) is 11.9 Å². The molecule has 2 saturated carbocycles. The van der Waals surface area contributed by atoms with Crippen LogP contribution in [0.25, 0.3) is 0 Å². The van der Waals surface area contributed by atoms with Crippen molar-refractivity contribution in [1.29, 1.82) is 0 Å². The van der Waals surface area contributed by atoms with Crippen molar-refractivity contribution in [2.75, 3.05) is 7.11 Å². The number of benzene rings is 1. The van der Waals surface area contributed by atoms with Crippen LogP contribution in [-0.4, -0.2) is 19.2 Å². The highest BCUT2D eigenvalue weighted by molar-refractivity contribution is 5.73. The number of hydrogen-bond donors (Lipinski definition) is 0. The first-order valence-electron chi connectivity index (χ1n) is 12.5. The van der Waals surface area contributed by atoms with Crippen molar-refractivity contribution in [3.63, 3.8) is 0 Å². The van der Waals surface area contributed by atoms with E-state index in [2.05, 4.69) is 18.2 Å². The van der Waals surface area contributed by atoms with Crippen LogP contribution in [0.2, 0.25) is 0 Å². The number of carbonyl (C=O) groups excluding carboxylic acids is 1. The van der Waals surface area contributed by atoms with E-state index in [1.165, 1.54) is 95.3 Å². The number of aryl methyl sites for hydroxylation is 1. The van der Waals surface area contributed by atoms with Crippen molar-refractivity contribution >= 4 is 5.97 Å². The molecule has 4 rings (SSSR count). The molecule has 1 aromatic carbocycles. The summed E-state index contributed by atoms with van der Waals surface area (Å²) >= 11 is 0. The van der Waals surface area contributed by atoms with E-state index in [0.717, 1.165) is 12.2 Å². The van der Waals surface area contributed by atoms with E-state index < -0.39 is 0 Å². The standard InChI is InChI=1S/C27H40O3/c1-19(27(28)29-2)26(22-15-16-22)23-17-14-21-12-9-13-24(30-25(21)18-23)20-10-7-5-3-4-6-8-11-20/h14,17-20,22,24,26H,3-13,15-16H2,1-2H3/t19-,24?,26?/m0/s1. The highest BCUT2D eigenvalue weighted by Gasteiger charge is 2.39. The lowest BCUT2D eigenvalue weighted by molar-refractivity contribution is -0.145. The average molecular weight is 413 g/mol. The van der Waals surface area contributed by atoms with Crippen molar-refractivity contribution in [3.8, 4) is 5.75 Å². The van der Waals surface area contributed by atoms with Gasteiger partial charge in [-0.05, 0) is 79.9 Å². The molecular weight excluding hydrogens is 372 g/mol. The molecule has 2 aliphatic carbocycles. The molecule has 30 heavy (non-hydrogen) atoms. The summed E-state index contributed by atoms with van der Waals surface area (Å²) in [5.74, 6) is 2.46. The summed E-state index contributed by atoms with van der Waals surface area (Å²) in [7, 11) is 1.50. The zero-order valence-corrected chi connectivity index (χ0v) is 19.0. The highest BCUT2D eigenvalue weighted by atomic mass is 16.5. The van der Waals surface area contributed by atoms with Crippen LogP contribution in [0.15, 0.2) is 18.2 Å². The fourth-order valence-electron chi connectivity index (χ4n) is 5.94. The number of hydrogen-bond acceptors (Lipinski definition) is 3. The second-order valence-electron chi connectivity index (χ2n) is 10.0. The molecule has 0 amide bonds. The monoisotopic (exact) mass is 412 g/mol. The molecule has 1 heterocycles. The van der Waals surface area contributed by atoms with Crippen LogP contribution in [0.1, 0.15) is 101 Å². The Morgan fingerprint density at radius 2 is 1.67 bits per heavy atom. The van der Waals surface area contributed by atoms with Crippen molar-refractivity contribution < 1.29 is 14.3 Å². The Morgan fingerprint density at radius 1 is 0.967 bits per heavy atom. The molecule has 0 bridgehead atoms. The van der Waals surface area contributed by atoms with Crippen LogP contribution in [-0.2, 0) is 16.0 Å². The molecular formula is C27H40O3. The van der Waals surface area contributed by atoms with Crippen LogP contribution >= 0.6 is 0 Å². The lowest BCUT2D eigenvalue weighted by atomic mass is 9.82. The Balaban J connectivity index is 1.54. The summed E-state index contributed by atoms with van der Waals surface area (Å²) in [5.41, 5.74) is 2.62. The summed E-state index contributed by atoms with van der Waals surface area (Å²) < 4.78 is 11.9. The van der Waals surface area contributed by atoms with Gasteiger partial charge in [-0.3, -0.25) is 4.79 Å². The van der Waals surface area contributed by atoms with Crippen LogP contribution < -0.4 is 4.74 Å². The number of rotatable bonds is 5. The predicted molar refractivity (Wildman–Crippen MR) is 121 cm³/mol. The third kappa shape index (κ3) is 5.21. The largest absolute Gasteiger partial charge is 0.490 e. The molecule has 3 nitrogen and oxygen atoms in total. The van der Waals surface area contributed by atoms with E-state index >= 15 is 0 Å². The van der Waals surface area contributed by atoms with E-state index in [1.54, 1.807) is 0 Å². The van der Waals surface area contributed by atoms with Gasteiger partial charge in [-0.15, -0.1) is 0 Å². The molecule has 2 unspecified atom stereocenters. The smallest absolute Gasteiger partial charge is 0.309 e. The molecule has 1 aliphatic heterocycles. The Hall–Kier alpha value is -1.51. The summed E-state index contributed by atoms with van der Waals surface area (Å²) in [4.78, 5) is 12.3. The van der Waals surface area contributed by atoms with Gasteiger partial charge >= 0.3 is 5.97 Å². The third-order valence-corrected chi connectivity index (χ3v) is 7.86. The van der Waals surface area contributed by atoms with Crippen LogP contribution in [0.3, 0.4) is 0 Å². The number of fused-ring (bicyclic) bond motifs is 1. The van der Waals surface area contributed by atoms with E-state index in [4.69, 9.17) is 9.47 Å². The number of ether oxygens (including phenoxy) is 2. The molecule has 2 fully saturated rings. The molecule has 166 valence electrons. The summed E-state index contributed by atoms with van der Waals surface area (Å²) in [5, 5.41) is 0. The molecule has 0 saturated heterocycles. The number of carbonyl (C=O) groups is 1. The maximum Gasteiger partial charge on any atom is 0.309 e. The van der Waals surface area contributed by atoms with Crippen molar-refractivity contribution in [2.45, 2.75) is 102 Å². The minimum Gasteiger partial charge on any atom is -0.490 e. The first-order valence-corrected chi connectivity index (χ1v) is 12.5. The lowest BCUT2D eigenvalue weighted by Crippen LogP contribution is -2.27. The van der Waals surface area contributed by atoms with E-state index in [9.17, 15) is 4.79 Å². The minimum absolute atomic E-state index is 0.0915. The van der Waals surface area contributed by atoms with Crippen molar-refractivity contribution in [1.82, 2.24) is 0 Å². The molecule has 3 aliphatic rings. The molecule has 0 aromatic heterocycles. The average Bonchev–Trinajstić information content (AvgIpc) is 3.59. The van der Waals surface area contributed by atoms with Crippen LogP contribution in [0.4, 0.5) is 0 Å². The highest BCUT2D eigenvalue weighted by Crippen LogP contribution is 2.48. The molecule has 0 radical (unpaired) electrons. The summed E-state index contributed by atoms with van der Waals surface area (Å²) in [6.07, 6.45) is 17.3. The van der Waals surface area contributed by atoms with E-state index in [1.807, 2.05) is 6.92 Å². The first kappa shape index (κ1) is 21.7. The fraction of sp³-hybridized carbons (Fsp3) is 0.741. The first-order chi connectivity index (χ1) is 14.7. The van der Waals surface area contributed by atoms with Gasteiger partial charge in [-0.1, -0.05) is 57.6 Å². The van der Waals surface area contributed by atoms with Gasteiger partial charge in [-0.25, -0.2) is 0 Å². The van der Waals surface area contributed by atoms with E-state index in [-0.39, 0.29) is 17.8 Å². The molecule has 0 N–H and O–H groups in total. The topological polar surface area (TPSA) is 35.5 Å². The van der Waals surface area contributed by atoms with Crippen LogP contribution in [0, 0.1) is 17.8 Å². The number of methoxy groups -OCH3 is 1. The van der Waals surface area contributed by atoms with Gasteiger partial charge in [0, 0.05) is 0 Å². The van der Waals surface area contributed by atoms with Crippen molar-refractivity contribution in [3.05, 3.63) is 29.3 Å². The molecule has 1 aromatic rings. The summed E-state index contributed by atoms with van der Waals surface area (Å²) in [6.45, 7) is 2.03. The van der Waals surface area contributed by atoms with Gasteiger partial charge in [0.15, 0.2) is 0 Å². The van der Waals surface area contributed by atoms with Crippen molar-refractivity contribution in [2.24, 2.45) is 17.8 Å². The maximum atomic E-state index is 12.3. The molecule has 3 atom stereocenters. The maximum absolute atomic E-state index is 12.3. The van der Waals surface area contributed by atoms with E-state index in [0.29, 0.717) is 17.9 Å². The zero-order valence-electron chi connectivity index (χ0n) is 19.0. The second-order valence-corrected chi connectivity index (χ2v) is 10.0. The SMILES string of the molecule is COC(=O)[C@@H](C)C(c1ccc2c(c1)OC(C1CCCCCCCC1)CCC2)C1CC1.